The smallest absolute Gasteiger partial charge is 0.122 e. The molecule has 1 atom stereocenters. The SMILES string of the molecule is C[C@@H](O)Cc1ccc2c(c1)CCO2. The van der Waals surface area contributed by atoms with Crippen LogP contribution in [0.3, 0.4) is 0 Å². The Hall–Kier alpha value is -1.02. The maximum atomic E-state index is 9.22. The lowest BCUT2D eigenvalue weighted by molar-refractivity contribution is 0.195. The van der Waals surface area contributed by atoms with E-state index < -0.39 is 0 Å². The van der Waals surface area contributed by atoms with Gasteiger partial charge in [-0.05, 0) is 30.5 Å². The summed E-state index contributed by atoms with van der Waals surface area (Å²) >= 11 is 0. The van der Waals surface area contributed by atoms with Crippen LogP contribution < -0.4 is 4.74 Å². The van der Waals surface area contributed by atoms with Crippen LogP contribution >= 0.6 is 0 Å². The van der Waals surface area contributed by atoms with Gasteiger partial charge in [0, 0.05) is 6.42 Å². The molecular weight excluding hydrogens is 164 g/mol. The molecule has 0 aliphatic carbocycles. The van der Waals surface area contributed by atoms with Crippen LogP contribution in [0.1, 0.15) is 18.1 Å². The van der Waals surface area contributed by atoms with Crippen LogP contribution in [0, 0.1) is 0 Å². The van der Waals surface area contributed by atoms with Crippen molar-refractivity contribution in [1.82, 2.24) is 0 Å². The predicted molar refractivity (Wildman–Crippen MR) is 51.0 cm³/mol. The molecule has 70 valence electrons. The normalized spacial score (nSPS) is 16.5. The molecule has 0 radical (unpaired) electrons. The quantitative estimate of drug-likeness (QED) is 0.744. The zero-order chi connectivity index (χ0) is 9.26. The van der Waals surface area contributed by atoms with E-state index >= 15 is 0 Å². The Morgan fingerprint density at radius 3 is 3.15 bits per heavy atom. The van der Waals surface area contributed by atoms with Crippen LogP contribution in [-0.4, -0.2) is 17.8 Å². The summed E-state index contributed by atoms with van der Waals surface area (Å²) in [6.45, 7) is 2.61. The number of ether oxygens (including phenoxy) is 1. The van der Waals surface area contributed by atoms with Crippen LogP contribution in [0.5, 0.6) is 5.75 Å². The molecule has 2 rings (SSSR count). The summed E-state index contributed by atoms with van der Waals surface area (Å²) in [5.41, 5.74) is 2.47. The van der Waals surface area contributed by atoms with E-state index in [1.807, 2.05) is 19.1 Å². The fourth-order valence-corrected chi connectivity index (χ4v) is 1.71. The zero-order valence-corrected chi connectivity index (χ0v) is 7.79. The van der Waals surface area contributed by atoms with E-state index in [-0.39, 0.29) is 6.10 Å². The molecule has 0 aromatic heterocycles. The molecule has 0 saturated carbocycles. The van der Waals surface area contributed by atoms with Gasteiger partial charge in [0.2, 0.25) is 0 Å². The van der Waals surface area contributed by atoms with Gasteiger partial charge in [-0.3, -0.25) is 0 Å². The average Bonchev–Trinajstić information content (AvgIpc) is 2.49. The first-order chi connectivity index (χ1) is 6.25. The first-order valence-electron chi connectivity index (χ1n) is 4.68. The fourth-order valence-electron chi connectivity index (χ4n) is 1.71. The van der Waals surface area contributed by atoms with Crippen LogP contribution in [0.25, 0.3) is 0 Å². The molecule has 0 spiro atoms. The van der Waals surface area contributed by atoms with Crippen molar-refractivity contribution in [2.45, 2.75) is 25.9 Å². The van der Waals surface area contributed by atoms with Crippen LogP contribution in [0.2, 0.25) is 0 Å². The van der Waals surface area contributed by atoms with E-state index in [1.165, 1.54) is 11.1 Å². The van der Waals surface area contributed by atoms with Crippen molar-refractivity contribution < 1.29 is 9.84 Å². The van der Waals surface area contributed by atoms with Gasteiger partial charge in [0.1, 0.15) is 5.75 Å². The molecule has 13 heavy (non-hydrogen) atoms. The number of benzene rings is 1. The Kier molecular flexibility index (Phi) is 2.23. The number of rotatable bonds is 2. The summed E-state index contributed by atoms with van der Waals surface area (Å²) in [5, 5.41) is 9.22. The van der Waals surface area contributed by atoms with Crippen molar-refractivity contribution in [1.29, 1.82) is 0 Å². The van der Waals surface area contributed by atoms with Gasteiger partial charge in [-0.25, -0.2) is 0 Å². The molecule has 1 aliphatic rings. The van der Waals surface area contributed by atoms with E-state index in [1.54, 1.807) is 0 Å². The van der Waals surface area contributed by atoms with Crippen molar-refractivity contribution in [3.05, 3.63) is 29.3 Å². The lowest BCUT2D eigenvalue weighted by Gasteiger charge is -2.05. The molecule has 1 heterocycles. The summed E-state index contributed by atoms with van der Waals surface area (Å²) in [4.78, 5) is 0. The van der Waals surface area contributed by atoms with Crippen LogP contribution in [0.15, 0.2) is 18.2 Å². The molecule has 0 unspecified atom stereocenters. The highest BCUT2D eigenvalue weighted by molar-refractivity contribution is 5.39. The number of aliphatic hydroxyl groups excluding tert-OH is 1. The van der Waals surface area contributed by atoms with Crippen molar-refractivity contribution >= 4 is 0 Å². The average molecular weight is 178 g/mol. The third-order valence-electron chi connectivity index (χ3n) is 2.28. The minimum atomic E-state index is -0.264. The molecule has 0 saturated heterocycles. The number of aliphatic hydroxyl groups is 1. The predicted octanol–water partition coefficient (Wildman–Crippen LogP) is 1.54. The fraction of sp³-hybridized carbons (Fsp3) is 0.455. The van der Waals surface area contributed by atoms with Crippen LogP contribution in [-0.2, 0) is 12.8 Å². The summed E-state index contributed by atoms with van der Waals surface area (Å²) < 4.78 is 5.40. The molecule has 1 aromatic rings. The van der Waals surface area contributed by atoms with Crippen molar-refractivity contribution in [2.24, 2.45) is 0 Å². The first kappa shape index (κ1) is 8.57. The van der Waals surface area contributed by atoms with Crippen LogP contribution in [0.4, 0.5) is 0 Å². The molecule has 1 aliphatic heterocycles. The second-order valence-corrected chi connectivity index (χ2v) is 3.59. The maximum Gasteiger partial charge on any atom is 0.122 e. The van der Waals surface area contributed by atoms with Gasteiger partial charge in [-0.2, -0.15) is 0 Å². The third kappa shape index (κ3) is 1.83. The Morgan fingerprint density at radius 1 is 1.54 bits per heavy atom. The summed E-state index contributed by atoms with van der Waals surface area (Å²) in [7, 11) is 0. The molecule has 0 fully saturated rings. The Balaban J connectivity index is 2.21. The van der Waals surface area contributed by atoms with Gasteiger partial charge < -0.3 is 9.84 Å². The highest BCUT2D eigenvalue weighted by atomic mass is 16.5. The highest BCUT2D eigenvalue weighted by Gasteiger charge is 2.12. The Morgan fingerprint density at radius 2 is 2.38 bits per heavy atom. The van der Waals surface area contributed by atoms with Gasteiger partial charge in [0.25, 0.3) is 0 Å². The third-order valence-corrected chi connectivity index (χ3v) is 2.28. The van der Waals surface area contributed by atoms with E-state index in [2.05, 4.69) is 6.07 Å². The largest absolute Gasteiger partial charge is 0.493 e. The number of hydrogen-bond acceptors (Lipinski definition) is 2. The number of fused-ring (bicyclic) bond motifs is 1. The second kappa shape index (κ2) is 3.38. The van der Waals surface area contributed by atoms with Gasteiger partial charge in [0.15, 0.2) is 0 Å². The topological polar surface area (TPSA) is 29.5 Å². The van der Waals surface area contributed by atoms with Gasteiger partial charge in [-0.15, -0.1) is 0 Å². The molecule has 0 bridgehead atoms. The van der Waals surface area contributed by atoms with Crippen molar-refractivity contribution in [2.75, 3.05) is 6.61 Å². The Labute approximate surface area is 78.2 Å². The zero-order valence-electron chi connectivity index (χ0n) is 7.79. The number of hydrogen-bond donors (Lipinski definition) is 1. The lowest BCUT2D eigenvalue weighted by Crippen LogP contribution is -2.04. The van der Waals surface area contributed by atoms with E-state index in [0.717, 1.165) is 25.2 Å². The monoisotopic (exact) mass is 178 g/mol. The molecule has 2 heteroatoms. The van der Waals surface area contributed by atoms with Gasteiger partial charge in [0.05, 0.1) is 12.7 Å². The second-order valence-electron chi connectivity index (χ2n) is 3.59. The van der Waals surface area contributed by atoms with Crippen molar-refractivity contribution in [3.63, 3.8) is 0 Å². The summed E-state index contributed by atoms with van der Waals surface area (Å²) in [6, 6.07) is 6.16. The van der Waals surface area contributed by atoms with E-state index in [0.29, 0.717) is 0 Å². The van der Waals surface area contributed by atoms with Crippen molar-refractivity contribution in [3.8, 4) is 5.75 Å². The Bertz CT molecular complexity index is 305. The van der Waals surface area contributed by atoms with Gasteiger partial charge in [-0.1, -0.05) is 12.1 Å². The first-order valence-corrected chi connectivity index (χ1v) is 4.68. The summed E-state index contributed by atoms with van der Waals surface area (Å²) in [6.07, 6.45) is 1.47. The maximum absolute atomic E-state index is 9.22. The molecule has 1 N–H and O–H groups in total. The molecule has 1 aromatic carbocycles. The molecule has 0 amide bonds. The molecule has 2 nitrogen and oxygen atoms in total. The molecular formula is C11H14O2. The highest BCUT2D eigenvalue weighted by Crippen LogP contribution is 2.26. The van der Waals surface area contributed by atoms with Gasteiger partial charge >= 0.3 is 0 Å². The minimum absolute atomic E-state index is 0.264. The standard InChI is InChI=1S/C11H14O2/c1-8(12)6-9-2-3-11-10(7-9)4-5-13-11/h2-3,7-8,12H,4-6H2,1H3/t8-/m1/s1. The van der Waals surface area contributed by atoms with E-state index in [4.69, 9.17) is 4.74 Å². The van der Waals surface area contributed by atoms with E-state index in [9.17, 15) is 5.11 Å². The minimum Gasteiger partial charge on any atom is -0.493 e. The summed E-state index contributed by atoms with van der Waals surface area (Å²) in [5.74, 6) is 1.01. The lowest BCUT2D eigenvalue weighted by atomic mass is 10.0.